The van der Waals surface area contributed by atoms with E-state index in [1.807, 2.05) is 6.07 Å². The lowest BCUT2D eigenvalue weighted by Crippen LogP contribution is -2.52. The lowest BCUT2D eigenvalue weighted by atomic mass is 10.2. The van der Waals surface area contributed by atoms with Crippen molar-refractivity contribution in [3.8, 4) is 11.5 Å². The van der Waals surface area contributed by atoms with E-state index in [1.54, 1.807) is 36.2 Å². The summed E-state index contributed by atoms with van der Waals surface area (Å²) in [6.45, 7) is 2.71. The standard InChI is InChI=1S/C20H25N3O5/c1-26-15-5-6-16(27-2)18-13(15)12-14(21-18)19(24)22-7-9-23(10-8-22)20(25)17-4-3-11-28-17/h5-6,12,17,21H,3-4,7-11H2,1-2H3. The third kappa shape index (κ3) is 3.28. The first-order chi connectivity index (χ1) is 13.6. The number of nitrogens with zero attached hydrogens (tertiary/aromatic N) is 2. The number of nitrogens with one attached hydrogen (secondary N) is 1. The summed E-state index contributed by atoms with van der Waals surface area (Å²) in [6.07, 6.45) is 1.41. The number of fused-ring (bicyclic) bond motifs is 1. The first-order valence-electron chi connectivity index (χ1n) is 9.55. The Hall–Kier alpha value is -2.74. The molecule has 2 aliphatic heterocycles. The molecule has 28 heavy (non-hydrogen) atoms. The number of hydrogen-bond acceptors (Lipinski definition) is 5. The van der Waals surface area contributed by atoms with E-state index in [4.69, 9.17) is 14.2 Å². The van der Waals surface area contributed by atoms with Crippen LogP contribution in [-0.2, 0) is 9.53 Å². The van der Waals surface area contributed by atoms with Gasteiger partial charge < -0.3 is 29.0 Å². The zero-order valence-electron chi connectivity index (χ0n) is 16.2. The van der Waals surface area contributed by atoms with Crippen LogP contribution in [0.3, 0.4) is 0 Å². The zero-order valence-corrected chi connectivity index (χ0v) is 16.2. The number of rotatable bonds is 4. The molecular weight excluding hydrogens is 362 g/mol. The minimum absolute atomic E-state index is 0.0460. The summed E-state index contributed by atoms with van der Waals surface area (Å²) in [5, 5.41) is 0.803. The molecule has 0 saturated carbocycles. The number of aromatic amines is 1. The number of piperazine rings is 1. The number of methoxy groups -OCH3 is 2. The van der Waals surface area contributed by atoms with Gasteiger partial charge in [-0.1, -0.05) is 0 Å². The summed E-state index contributed by atoms with van der Waals surface area (Å²) in [4.78, 5) is 32.2. The van der Waals surface area contributed by atoms with Crippen LogP contribution < -0.4 is 9.47 Å². The van der Waals surface area contributed by atoms with Crippen LogP contribution >= 0.6 is 0 Å². The molecule has 0 spiro atoms. The molecule has 0 radical (unpaired) electrons. The van der Waals surface area contributed by atoms with Crippen molar-refractivity contribution in [1.82, 2.24) is 14.8 Å². The molecule has 1 N–H and O–H groups in total. The molecule has 2 saturated heterocycles. The number of benzene rings is 1. The lowest BCUT2D eigenvalue weighted by Gasteiger charge is -2.35. The van der Waals surface area contributed by atoms with E-state index in [2.05, 4.69) is 4.98 Å². The molecule has 2 aliphatic rings. The van der Waals surface area contributed by atoms with E-state index in [0.717, 1.165) is 23.7 Å². The number of H-pyrrole nitrogens is 1. The second-order valence-electron chi connectivity index (χ2n) is 7.06. The molecule has 8 heteroatoms. The molecule has 1 unspecified atom stereocenters. The van der Waals surface area contributed by atoms with Crippen molar-refractivity contribution in [2.75, 3.05) is 47.0 Å². The molecule has 2 amide bonds. The summed E-state index contributed by atoms with van der Waals surface area (Å²) in [5.41, 5.74) is 1.22. The van der Waals surface area contributed by atoms with Crippen molar-refractivity contribution < 1.29 is 23.8 Å². The van der Waals surface area contributed by atoms with Gasteiger partial charge in [0, 0.05) is 38.2 Å². The number of carbonyl (C=O) groups excluding carboxylic acids is 2. The molecule has 4 rings (SSSR count). The number of ether oxygens (including phenoxy) is 3. The molecular formula is C20H25N3O5. The smallest absolute Gasteiger partial charge is 0.270 e. The lowest BCUT2D eigenvalue weighted by molar-refractivity contribution is -0.142. The number of carbonyl (C=O) groups is 2. The van der Waals surface area contributed by atoms with Gasteiger partial charge in [0.15, 0.2) is 0 Å². The topological polar surface area (TPSA) is 84.1 Å². The van der Waals surface area contributed by atoms with Crippen LogP contribution in [0.15, 0.2) is 18.2 Å². The van der Waals surface area contributed by atoms with Crippen LogP contribution in [0.4, 0.5) is 0 Å². The Morgan fingerprint density at radius 2 is 1.75 bits per heavy atom. The van der Waals surface area contributed by atoms with Crippen LogP contribution in [0.2, 0.25) is 0 Å². The van der Waals surface area contributed by atoms with E-state index in [-0.39, 0.29) is 17.9 Å². The molecule has 3 heterocycles. The van der Waals surface area contributed by atoms with Crippen molar-refractivity contribution in [3.05, 3.63) is 23.9 Å². The zero-order chi connectivity index (χ0) is 19.7. The summed E-state index contributed by atoms with van der Waals surface area (Å²) >= 11 is 0. The molecule has 0 bridgehead atoms. The van der Waals surface area contributed by atoms with E-state index in [1.165, 1.54) is 0 Å². The van der Waals surface area contributed by atoms with Gasteiger partial charge in [0.25, 0.3) is 11.8 Å². The van der Waals surface area contributed by atoms with E-state index < -0.39 is 0 Å². The van der Waals surface area contributed by atoms with Crippen LogP contribution in [0.5, 0.6) is 11.5 Å². The fourth-order valence-corrected chi connectivity index (χ4v) is 3.91. The van der Waals surface area contributed by atoms with Gasteiger partial charge in [-0.15, -0.1) is 0 Å². The highest BCUT2D eigenvalue weighted by Gasteiger charge is 2.32. The predicted molar refractivity (Wildman–Crippen MR) is 103 cm³/mol. The normalized spacial score (nSPS) is 19.9. The van der Waals surface area contributed by atoms with Crippen molar-refractivity contribution in [1.29, 1.82) is 0 Å². The van der Waals surface area contributed by atoms with Crippen LogP contribution in [0, 0.1) is 0 Å². The number of aromatic nitrogens is 1. The molecule has 2 aromatic rings. The SMILES string of the molecule is COc1ccc(OC)c2[nH]c(C(=O)N3CCN(C(=O)C4CCCO4)CC3)cc12. The highest BCUT2D eigenvalue weighted by atomic mass is 16.5. The Kier molecular flexibility index (Phi) is 5.13. The van der Waals surface area contributed by atoms with Crippen LogP contribution in [0.1, 0.15) is 23.3 Å². The van der Waals surface area contributed by atoms with Gasteiger partial charge in [0.05, 0.1) is 19.7 Å². The maximum absolute atomic E-state index is 13.0. The molecule has 1 aromatic carbocycles. The second-order valence-corrected chi connectivity index (χ2v) is 7.06. The minimum Gasteiger partial charge on any atom is -0.496 e. The summed E-state index contributed by atoms with van der Waals surface area (Å²) in [5.74, 6) is 1.29. The van der Waals surface area contributed by atoms with E-state index in [9.17, 15) is 9.59 Å². The Labute approximate surface area is 163 Å². The van der Waals surface area contributed by atoms with Crippen molar-refractivity contribution in [3.63, 3.8) is 0 Å². The fraction of sp³-hybridized carbons (Fsp3) is 0.500. The first-order valence-corrected chi connectivity index (χ1v) is 9.55. The van der Waals surface area contributed by atoms with Crippen LogP contribution in [0.25, 0.3) is 10.9 Å². The number of hydrogen-bond donors (Lipinski definition) is 1. The summed E-state index contributed by atoms with van der Waals surface area (Å²) < 4.78 is 16.3. The average molecular weight is 387 g/mol. The highest BCUT2D eigenvalue weighted by molar-refractivity contribution is 6.01. The van der Waals surface area contributed by atoms with Gasteiger partial charge in [-0.3, -0.25) is 9.59 Å². The van der Waals surface area contributed by atoms with E-state index in [0.29, 0.717) is 50.0 Å². The fourth-order valence-electron chi connectivity index (χ4n) is 3.91. The van der Waals surface area contributed by atoms with Gasteiger partial charge in [-0.2, -0.15) is 0 Å². The maximum Gasteiger partial charge on any atom is 0.270 e. The third-order valence-electron chi connectivity index (χ3n) is 5.47. The maximum atomic E-state index is 13.0. The minimum atomic E-state index is -0.309. The Morgan fingerprint density at radius 1 is 1.07 bits per heavy atom. The summed E-state index contributed by atoms with van der Waals surface area (Å²) in [6, 6.07) is 5.42. The third-order valence-corrected chi connectivity index (χ3v) is 5.47. The predicted octanol–water partition coefficient (Wildman–Crippen LogP) is 1.65. The molecule has 0 aliphatic carbocycles. The molecule has 1 atom stereocenters. The van der Waals surface area contributed by atoms with Gasteiger partial charge in [0.2, 0.25) is 0 Å². The average Bonchev–Trinajstić information content (AvgIpc) is 3.42. The summed E-state index contributed by atoms with van der Waals surface area (Å²) in [7, 11) is 3.19. The molecule has 150 valence electrons. The van der Waals surface area contributed by atoms with Crippen LogP contribution in [-0.4, -0.2) is 79.7 Å². The number of amides is 2. The second kappa shape index (κ2) is 7.71. The largest absolute Gasteiger partial charge is 0.496 e. The monoisotopic (exact) mass is 387 g/mol. The Bertz CT molecular complexity index is 838. The van der Waals surface area contributed by atoms with Gasteiger partial charge >= 0.3 is 0 Å². The van der Waals surface area contributed by atoms with Gasteiger partial charge in [0.1, 0.15) is 23.3 Å². The van der Waals surface area contributed by atoms with Gasteiger partial charge in [-0.05, 0) is 31.0 Å². The first kappa shape index (κ1) is 18.6. The quantitative estimate of drug-likeness (QED) is 0.862. The van der Waals surface area contributed by atoms with Crippen molar-refractivity contribution >= 4 is 22.7 Å². The van der Waals surface area contributed by atoms with E-state index >= 15 is 0 Å². The van der Waals surface area contributed by atoms with Crippen molar-refractivity contribution in [2.45, 2.75) is 18.9 Å². The van der Waals surface area contributed by atoms with Crippen molar-refractivity contribution in [2.24, 2.45) is 0 Å². The molecule has 8 nitrogen and oxygen atoms in total. The Balaban J connectivity index is 1.47. The molecule has 1 aromatic heterocycles. The van der Waals surface area contributed by atoms with Gasteiger partial charge in [-0.25, -0.2) is 0 Å². The Morgan fingerprint density at radius 3 is 2.39 bits per heavy atom. The highest BCUT2D eigenvalue weighted by Crippen LogP contribution is 2.33. The molecule has 2 fully saturated rings.